The second-order valence-corrected chi connectivity index (χ2v) is 10.7. The van der Waals surface area contributed by atoms with Gasteiger partial charge in [-0.3, -0.25) is 13.8 Å². The lowest BCUT2D eigenvalue weighted by Crippen LogP contribution is -2.50. The maximum Gasteiger partial charge on any atom is 0.307 e. The van der Waals surface area contributed by atoms with Crippen LogP contribution in [0.15, 0.2) is 77.7 Å². The van der Waals surface area contributed by atoms with Gasteiger partial charge in [-0.15, -0.1) is 0 Å². The minimum atomic E-state index is -3.51. The Morgan fingerprint density at radius 3 is 1.22 bits per heavy atom. The van der Waals surface area contributed by atoms with Gasteiger partial charge in [0.15, 0.2) is 0 Å². The van der Waals surface area contributed by atoms with Crippen LogP contribution in [0.4, 0.5) is 0 Å². The van der Waals surface area contributed by atoms with Gasteiger partial charge in [-0.1, -0.05) is 77.4 Å². The first-order chi connectivity index (χ1) is 17.0. The Morgan fingerprint density at radius 2 is 0.944 bits per heavy atom. The van der Waals surface area contributed by atoms with E-state index < -0.39 is 45.7 Å². The molecule has 0 saturated heterocycles. The van der Waals surface area contributed by atoms with E-state index in [1.54, 1.807) is 12.1 Å². The van der Waals surface area contributed by atoms with Crippen LogP contribution in [0.5, 0.6) is 0 Å². The van der Waals surface area contributed by atoms with Crippen molar-refractivity contribution < 1.29 is 32.4 Å². The number of carbonyl (C=O) groups is 2. The van der Waals surface area contributed by atoms with Gasteiger partial charge in [0.2, 0.25) is 0 Å². The second kappa shape index (κ2) is 11.1. The van der Waals surface area contributed by atoms with Crippen molar-refractivity contribution in [2.24, 2.45) is 11.8 Å². The molecule has 3 aromatic carbocycles. The molecule has 2 N–H and O–H groups in total. The molecular formula is C28H30O7S. The van der Waals surface area contributed by atoms with Crippen LogP contribution in [0.1, 0.15) is 39.7 Å². The normalized spacial score (nSPS) is 21.0. The van der Waals surface area contributed by atoms with Crippen molar-refractivity contribution in [1.29, 1.82) is 0 Å². The van der Waals surface area contributed by atoms with E-state index in [1.807, 2.05) is 69.3 Å². The summed E-state index contributed by atoms with van der Waals surface area (Å²) in [6.45, 7) is 5.79. The van der Waals surface area contributed by atoms with Crippen molar-refractivity contribution in [3.63, 3.8) is 0 Å². The molecule has 3 aromatic rings. The Morgan fingerprint density at radius 1 is 0.639 bits per heavy atom. The van der Waals surface area contributed by atoms with Crippen molar-refractivity contribution in [2.45, 2.75) is 37.5 Å². The highest BCUT2D eigenvalue weighted by atomic mass is 32.2. The van der Waals surface area contributed by atoms with Crippen molar-refractivity contribution in [2.75, 3.05) is 7.11 Å². The maximum absolute atomic E-state index is 11.9. The molecule has 7 nitrogen and oxygen atoms in total. The van der Waals surface area contributed by atoms with Gasteiger partial charge in [-0.25, -0.2) is 0 Å². The van der Waals surface area contributed by atoms with E-state index in [0.717, 1.165) is 34.9 Å². The minimum Gasteiger partial charge on any atom is -0.481 e. The van der Waals surface area contributed by atoms with Crippen molar-refractivity contribution in [3.8, 4) is 0 Å². The fraction of sp³-hybridized carbons (Fsp3) is 0.286. The fourth-order valence-corrected chi connectivity index (χ4v) is 5.23. The summed E-state index contributed by atoms with van der Waals surface area (Å²) in [5.41, 5.74) is 4.70. The van der Waals surface area contributed by atoms with Crippen LogP contribution in [-0.2, 0) is 23.9 Å². The van der Waals surface area contributed by atoms with E-state index in [9.17, 15) is 28.2 Å². The van der Waals surface area contributed by atoms with Crippen molar-refractivity contribution in [3.05, 3.63) is 101 Å². The number of hydrogen-bond donors (Lipinski definition) is 2. The summed E-state index contributed by atoms with van der Waals surface area (Å²) in [4.78, 5) is 23.9. The van der Waals surface area contributed by atoms with Crippen LogP contribution in [0.3, 0.4) is 0 Å². The van der Waals surface area contributed by atoms with E-state index in [0.29, 0.717) is 0 Å². The molecule has 1 fully saturated rings. The monoisotopic (exact) mass is 510 g/mol. The van der Waals surface area contributed by atoms with E-state index in [4.69, 9.17) is 0 Å². The molecule has 8 heteroatoms. The molecule has 1 aliphatic carbocycles. The number of carboxylic acids is 2. The van der Waals surface area contributed by atoms with Gasteiger partial charge in [-0.05, 0) is 44.0 Å². The molecule has 0 spiro atoms. The van der Waals surface area contributed by atoms with Crippen molar-refractivity contribution >= 4 is 22.1 Å². The Kier molecular flexibility index (Phi) is 8.32. The molecule has 4 rings (SSSR count). The quantitative estimate of drug-likeness (QED) is 0.452. The summed E-state index contributed by atoms with van der Waals surface area (Å²) in [6, 6.07) is 21.5. The molecule has 0 radical (unpaired) electrons. The van der Waals surface area contributed by atoms with Gasteiger partial charge in [0.25, 0.3) is 10.1 Å². The molecule has 0 amide bonds. The average molecular weight is 511 g/mol. The zero-order valence-electron chi connectivity index (χ0n) is 20.6. The number of carboxylic acid groups (broad SMARTS) is 2. The lowest BCUT2D eigenvalue weighted by Gasteiger charge is -2.48. The lowest BCUT2D eigenvalue weighted by atomic mass is 9.52. The van der Waals surface area contributed by atoms with Crippen LogP contribution in [0.25, 0.3) is 0 Å². The van der Waals surface area contributed by atoms with E-state index in [-0.39, 0.29) is 4.90 Å². The third kappa shape index (κ3) is 5.83. The third-order valence-electron chi connectivity index (χ3n) is 6.57. The molecular weight excluding hydrogens is 480 g/mol. The Balaban J connectivity index is 0.000000253. The molecule has 36 heavy (non-hydrogen) atoms. The van der Waals surface area contributed by atoms with Crippen LogP contribution < -0.4 is 0 Å². The SMILES string of the molecule is COS(=O)(=O)c1ccc(C)cc1.Cc1ccc(C2C(C(=O)O)C(c3ccc(C)cc3)C2C(=O)O)cc1. The molecule has 0 unspecified atom stereocenters. The van der Waals surface area contributed by atoms with Crippen LogP contribution >= 0.6 is 0 Å². The summed E-state index contributed by atoms with van der Waals surface area (Å²) in [5.74, 6) is -4.35. The largest absolute Gasteiger partial charge is 0.481 e. The summed E-state index contributed by atoms with van der Waals surface area (Å²) in [5, 5.41) is 19.4. The summed E-state index contributed by atoms with van der Waals surface area (Å²) < 4.78 is 26.5. The first kappa shape index (κ1) is 27.1. The average Bonchev–Trinajstić information content (AvgIpc) is 2.81. The van der Waals surface area contributed by atoms with Gasteiger partial charge >= 0.3 is 11.9 Å². The molecule has 0 heterocycles. The molecule has 0 bridgehead atoms. The molecule has 190 valence electrons. The minimum absolute atomic E-state index is 0.190. The zero-order valence-corrected chi connectivity index (χ0v) is 21.4. The second-order valence-electron chi connectivity index (χ2n) is 9.03. The topological polar surface area (TPSA) is 118 Å². The Labute approximate surface area is 211 Å². The first-order valence-electron chi connectivity index (χ1n) is 11.4. The van der Waals surface area contributed by atoms with Crippen LogP contribution in [0, 0.1) is 32.6 Å². The lowest BCUT2D eigenvalue weighted by molar-refractivity contribution is -0.159. The molecule has 0 atom stereocenters. The van der Waals surface area contributed by atoms with E-state index in [2.05, 4.69) is 4.18 Å². The molecule has 1 aliphatic rings. The van der Waals surface area contributed by atoms with E-state index >= 15 is 0 Å². The van der Waals surface area contributed by atoms with Crippen molar-refractivity contribution in [1.82, 2.24) is 0 Å². The highest BCUT2D eigenvalue weighted by Gasteiger charge is 2.58. The predicted octanol–water partition coefficient (Wildman–Crippen LogP) is 4.92. The van der Waals surface area contributed by atoms with Gasteiger partial charge in [0.1, 0.15) is 0 Å². The molecule has 1 saturated carbocycles. The van der Waals surface area contributed by atoms with Gasteiger partial charge in [0, 0.05) is 11.8 Å². The molecule has 0 aromatic heterocycles. The number of hydrogen-bond acceptors (Lipinski definition) is 5. The zero-order chi connectivity index (χ0) is 26.6. The Hall–Kier alpha value is -3.49. The van der Waals surface area contributed by atoms with Crippen LogP contribution in [0.2, 0.25) is 0 Å². The summed E-state index contributed by atoms with van der Waals surface area (Å²) >= 11 is 0. The fourth-order valence-electron chi connectivity index (χ4n) is 4.57. The van der Waals surface area contributed by atoms with Gasteiger partial charge < -0.3 is 10.2 Å². The third-order valence-corrected chi connectivity index (χ3v) is 7.86. The maximum atomic E-state index is 11.9. The first-order valence-corrected chi connectivity index (χ1v) is 12.8. The van der Waals surface area contributed by atoms with E-state index in [1.165, 1.54) is 12.1 Å². The highest BCUT2D eigenvalue weighted by Crippen LogP contribution is 2.57. The smallest absolute Gasteiger partial charge is 0.307 e. The van der Waals surface area contributed by atoms with Gasteiger partial charge in [-0.2, -0.15) is 8.42 Å². The van der Waals surface area contributed by atoms with Crippen LogP contribution in [-0.4, -0.2) is 37.7 Å². The number of benzene rings is 3. The Bertz CT molecular complexity index is 1240. The highest BCUT2D eigenvalue weighted by molar-refractivity contribution is 7.86. The summed E-state index contributed by atoms with van der Waals surface area (Å²) in [6.07, 6.45) is 0. The standard InChI is InChI=1S/C20H20O4.C8H10O3S/c1-11-3-7-13(8-4-11)15-17(19(21)22)16(18(15)20(23)24)14-9-5-12(2)6-10-14;1-7-3-5-8(6-4-7)12(9,10)11-2/h3-10,15-18H,1-2H3,(H,21,22)(H,23,24);3-6H,1-2H3. The number of aryl methyl sites for hydroxylation is 3. The number of rotatable bonds is 6. The number of aliphatic carboxylic acids is 2. The summed E-state index contributed by atoms with van der Waals surface area (Å²) in [7, 11) is -2.37. The molecule has 0 aliphatic heterocycles. The predicted molar refractivity (Wildman–Crippen MR) is 135 cm³/mol. The van der Waals surface area contributed by atoms with Gasteiger partial charge in [0.05, 0.1) is 23.8 Å².